The molecule has 8 aromatic carbocycles. The predicted molar refractivity (Wildman–Crippen MR) is 417 cm³/mol. The molecule has 0 unspecified atom stereocenters. The van der Waals surface area contributed by atoms with Gasteiger partial charge in [0.1, 0.15) is 17.5 Å². The van der Waals surface area contributed by atoms with Crippen LogP contribution in [0.5, 0.6) is 0 Å². The Hall–Kier alpha value is -8.76. The molecule has 3 N–H and O–H groups in total. The van der Waals surface area contributed by atoms with Crippen molar-refractivity contribution in [2.45, 2.75) is 84.6 Å². The molecule has 0 aliphatic heterocycles. The number of alkyl halides is 6. The molecular formula is C81H86BrCl2F6N13. The van der Waals surface area contributed by atoms with Gasteiger partial charge in [0.15, 0.2) is 17.5 Å². The van der Waals surface area contributed by atoms with E-state index >= 15 is 0 Å². The van der Waals surface area contributed by atoms with Crippen LogP contribution in [0.25, 0.3) is 88.9 Å². The maximum absolute atomic E-state index is 13.9. The molecule has 0 atom stereocenters. The molecular weight excluding hydrogens is 1420 g/mol. The molecule has 103 heavy (non-hydrogen) atoms. The number of halogens is 9. The fourth-order valence-corrected chi connectivity index (χ4v) is 13.1. The zero-order chi connectivity index (χ0) is 73.9. The van der Waals surface area contributed by atoms with Gasteiger partial charge in [-0.1, -0.05) is 170 Å². The summed E-state index contributed by atoms with van der Waals surface area (Å²) >= 11 is 16.4. The Morgan fingerprint density at radius 1 is 0.456 bits per heavy atom. The van der Waals surface area contributed by atoms with Crippen molar-refractivity contribution < 1.29 is 26.3 Å². The fourth-order valence-electron chi connectivity index (χ4n) is 12.2. The second kappa shape index (κ2) is 34.2. The number of fused-ring (bicyclic) bond motifs is 4. The number of benzene rings is 8. The second-order valence-corrected chi connectivity index (χ2v) is 28.7. The molecule has 12 aromatic rings. The minimum atomic E-state index is -4.49. The number of aromatic nitrogens is 7. The van der Waals surface area contributed by atoms with Crippen LogP contribution < -0.4 is 16.0 Å². The zero-order valence-electron chi connectivity index (χ0n) is 59.8. The number of nitrogens with zero attached hydrogens (tertiary/aromatic N) is 10. The highest BCUT2D eigenvalue weighted by molar-refractivity contribution is 9.10. The Morgan fingerprint density at radius 2 is 0.893 bits per heavy atom. The number of hydrogen-bond acceptors (Lipinski definition) is 12. The lowest BCUT2D eigenvalue weighted by atomic mass is 9.98. The molecule has 12 rings (SSSR count). The molecule has 13 nitrogen and oxygen atoms in total. The third-order valence-electron chi connectivity index (χ3n) is 17.4. The number of aryl methyl sites for hydroxylation is 1. The summed E-state index contributed by atoms with van der Waals surface area (Å²) in [5.41, 5.74) is 9.00. The van der Waals surface area contributed by atoms with Crippen molar-refractivity contribution in [1.82, 2.24) is 49.2 Å². The van der Waals surface area contributed by atoms with E-state index in [4.69, 9.17) is 48.1 Å². The van der Waals surface area contributed by atoms with Gasteiger partial charge in [0, 0.05) is 75.1 Å². The molecule has 4 heterocycles. The summed E-state index contributed by atoms with van der Waals surface area (Å²) in [4.78, 5) is 35.3. The van der Waals surface area contributed by atoms with E-state index in [0.717, 1.165) is 135 Å². The first-order valence-corrected chi connectivity index (χ1v) is 35.9. The van der Waals surface area contributed by atoms with Gasteiger partial charge < -0.3 is 35.2 Å². The van der Waals surface area contributed by atoms with Crippen LogP contribution >= 0.6 is 39.1 Å². The number of anilines is 3. The van der Waals surface area contributed by atoms with E-state index in [1.54, 1.807) is 24.3 Å². The Morgan fingerprint density at radius 3 is 1.38 bits per heavy atom. The molecule has 0 spiro atoms. The van der Waals surface area contributed by atoms with Crippen LogP contribution in [0.1, 0.15) is 92.2 Å². The normalized spacial score (nSPS) is 11.9. The van der Waals surface area contributed by atoms with Gasteiger partial charge in [-0.3, -0.25) is 0 Å². The first kappa shape index (κ1) is 76.9. The van der Waals surface area contributed by atoms with E-state index in [2.05, 4.69) is 141 Å². The Kier molecular flexibility index (Phi) is 25.5. The largest absolute Gasteiger partial charge is 0.416 e. The van der Waals surface area contributed by atoms with E-state index in [-0.39, 0.29) is 23.5 Å². The van der Waals surface area contributed by atoms with Crippen LogP contribution in [0, 0.1) is 6.92 Å². The predicted octanol–water partition coefficient (Wildman–Crippen LogP) is 21.3. The molecule has 0 bridgehead atoms. The average molecular weight is 1510 g/mol. The maximum atomic E-state index is 13.9. The monoisotopic (exact) mass is 1500 g/mol. The number of hydrogen-bond donors (Lipinski definition) is 3. The van der Waals surface area contributed by atoms with Crippen molar-refractivity contribution in [3.05, 3.63) is 218 Å². The second-order valence-electron chi connectivity index (χ2n) is 27.0. The fraction of sp³-hybridized carbons (Fsp3) is 0.309. The smallest absolute Gasteiger partial charge is 0.369 e. The summed E-state index contributed by atoms with van der Waals surface area (Å²) in [5, 5.41) is 15.1. The highest BCUT2D eigenvalue weighted by atomic mass is 79.9. The highest BCUT2D eigenvalue weighted by Crippen LogP contribution is 2.42. The number of para-hydroxylation sites is 3. The molecule has 0 aliphatic rings. The number of rotatable bonds is 23. The van der Waals surface area contributed by atoms with E-state index in [1.165, 1.54) is 11.6 Å². The first-order chi connectivity index (χ1) is 49.1. The molecule has 538 valence electrons. The van der Waals surface area contributed by atoms with Crippen molar-refractivity contribution in [2.75, 3.05) is 97.5 Å². The Balaban J connectivity index is 0.000000167. The van der Waals surface area contributed by atoms with Crippen molar-refractivity contribution in [1.29, 1.82) is 0 Å². The van der Waals surface area contributed by atoms with E-state index in [0.29, 0.717) is 73.9 Å². The summed E-state index contributed by atoms with van der Waals surface area (Å²) in [6, 6.07) is 49.1. The Labute approximate surface area is 617 Å². The summed E-state index contributed by atoms with van der Waals surface area (Å²) in [7, 11) is 12.2. The number of nitrogens with one attached hydrogen (secondary N) is 3. The SMILES string of the molecule is CC(C)c1cccc2c(NCCCN(C)C)nc(-c3cc(-c4ccccc4)cc(C(F)(F)F)c3)nc12.CC(C)c1cccc2c(NCCCN(C)C)nc(-c3cc(Br)cc(C(F)(F)F)c3)nc12.Cc1cccc2c(NCCCN(C)C)nc(-c3cn(Cc4ccccc4)c4c(Cl)c(Cl)ccc34)nc12. The maximum Gasteiger partial charge on any atom is 0.416 e. The van der Waals surface area contributed by atoms with Gasteiger partial charge >= 0.3 is 12.4 Å². The van der Waals surface area contributed by atoms with Crippen LogP contribution in [-0.2, 0) is 18.9 Å². The van der Waals surface area contributed by atoms with Gasteiger partial charge in [-0.25, -0.2) is 29.9 Å². The summed E-state index contributed by atoms with van der Waals surface area (Å²) in [6.45, 7) is 16.1. The molecule has 0 radical (unpaired) electrons. The molecule has 0 saturated carbocycles. The lowest BCUT2D eigenvalue weighted by Gasteiger charge is -2.17. The van der Waals surface area contributed by atoms with Gasteiger partial charge in [0.25, 0.3) is 0 Å². The van der Waals surface area contributed by atoms with Gasteiger partial charge in [-0.15, -0.1) is 0 Å². The molecule has 0 saturated heterocycles. The van der Waals surface area contributed by atoms with Gasteiger partial charge in [-0.05, 0) is 194 Å². The lowest BCUT2D eigenvalue weighted by molar-refractivity contribution is -0.138. The van der Waals surface area contributed by atoms with Crippen LogP contribution in [0.15, 0.2) is 174 Å². The van der Waals surface area contributed by atoms with Crippen LogP contribution in [0.4, 0.5) is 43.8 Å². The van der Waals surface area contributed by atoms with Gasteiger partial charge in [-0.2, -0.15) is 26.3 Å². The minimum Gasteiger partial charge on any atom is -0.369 e. The van der Waals surface area contributed by atoms with Crippen LogP contribution in [-0.4, -0.2) is 131 Å². The summed E-state index contributed by atoms with van der Waals surface area (Å²) in [6.07, 6.45) is -4.02. The van der Waals surface area contributed by atoms with Crippen LogP contribution in [0.2, 0.25) is 10.0 Å². The van der Waals surface area contributed by atoms with Crippen molar-refractivity contribution in [3.8, 4) is 45.3 Å². The molecule has 4 aromatic heterocycles. The first-order valence-electron chi connectivity index (χ1n) is 34.3. The molecule has 22 heteroatoms. The highest BCUT2D eigenvalue weighted by Gasteiger charge is 2.33. The zero-order valence-corrected chi connectivity index (χ0v) is 62.9. The third-order valence-corrected chi connectivity index (χ3v) is 18.6. The molecule has 0 aliphatic carbocycles. The van der Waals surface area contributed by atoms with Gasteiger partial charge in [0.05, 0.1) is 43.2 Å². The van der Waals surface area contributed by atoms with E-state index < -0.39 is 23.5 Å². The topological polar surface area (TPSA) is 128 Å². The quantitative estimate of drug-likeness (QED) is 0.0417. The lowest BCUT2D eigenvalue weighted by Crippen LogP contribution is -2.17. The van der Waals surface area contributed by atoms with E-state index in [9.17, 15) is 26.3 Å². The van der Waals surface area contributed by atoms with Gasteiger partial charge in [0.2, 0.25) is 0 Å². The van der Waals surface area contributed by atoms with Crippen molar-refractivity contribution >= 4 is 100 Å². The minimum absolute atomic E-state index is 0.194. The summed E-state index contributed by atoms with van der Waals surface area (Å²) in [5.74, 6) is 3.73. The van der Waals surface area contributed by atoms with Crippen LogP contribution in [0.3, 0.4) is 0 Å². The standard InChI is InChI=1S/C29H29Cl2N5.C29H31F3N4.C23H26BrF3N4/c1-19-9-7-12-22-26(19)33-29(34-28(22)32-15-8-16-35(2)3)23-18-36(17-20-10-5-4-6-11-20)27-21(23)13-14-24(30)25(27)31;1-19(2)24-12-8-13-25-26(24)34-27(35-28(25)33-14-9-15-36(3)4)22-16-21(20-10-6-5-7-11-20)17-23(18-22)29(30,31)32;1-14(2)18-7-5-8-19-20(18)29-21(30-22(19)28-9-6-10-31(3)4)15-11-16(23(25,26)27)13-17(24)12-15/h4-7,9-14,18H,8,15-17H2,1-3H3,(H,32,33,34);5-8,10-13,16-19H,9,14-15H2,1-4H3,(H,33,34,35);5,7-8,11-14H,6,9-10H2,1-4H3,(H,28,29,30). The average Bonchev–Trinajstić information content (AvgIpc) is 1.69. The molecule has 0 amide bonds. The Bertz CT molecular complexity index is 4890. The summed E-state index contributed by atoms with van der Waals surface area (Å²) < 4.78 is 84.2. The van der Waals surface area contributed by atoms with Crippen molar-refractivity contribution in [3.63, 3.8) is 0 Å². The third kappa shape index (κ3) is 19.6. The molecule has 0 fully saturated rings. The van der Waals surface area contributed by atoms with Crippen molar-refractivity contribution in [2.24, 2.45) is 0 Å². The van der Waals surface area contributed by atoms with E-state index in [1.807, 2.05) is 113 Å².